The highest BCUT2D eigenvalue weighted by Crippen LogP contribution is 2.51. The standard InChI is InChI=1S/C16H14FNO5S/c1-8(19)23-11-6-7-16(12(11)13(20)18-15(16)22)24-14(21)9-2-4-10(17)5-3-9/h2-5,11-12H,6-7H2,1H3,(H,18,20,22)/t11-,12+,16-/m0/s1. The quantitative estimate of drug-likeness (QED) is 0.655. The maximum Gasteiger partial charge on any atom is 0.302 e. The van der Waals surface area contributed by atoms with E-state index in [1.54, 1.807) is 0 Å². The third-order valence-corrected chi connectivity index (χ3v) is 5.68. The smallest absolute Gasteiger partial charge is 0.302 e. The Morgan fingerprint density at radius 1 is 1.29 bits per heavy atom. The minimum atomic E-state index is -1.29. The topological polar surface area (TPSA) is 89.5 Å². The molecule has 2 fully saturated rings. The van der Waals surface area contributed by atoms with E-state index in [1.807, 2.05) is 0 Å². The number of hydrogen-bond donors (Lipinski definition) is 1. The molecule has 24 heavy (non-hydrogen) atoms. The number of thioether (sulfide) groups is 1. The molecule has 1 heterocycles. The summed E-state index contributed by atoms with van der Waals surface area (Å²) in [7, 11) is 0. The summed E-state index contributed by atoms with van der Waals surface area (Å²) in [5, 5.41) is 1.79. The number of imide groups is 1. The Hall–Kier alpha value is -2.22. The van der Waals surface area contributed by atoms with Gasteiger partial charge in [-0.1, -0.05) is 11.8 Å². The third kappa shape index (κ3) is 2.71. The second kappa shape index (κ2) is 6.01. The van der Waals surface area contributed by atoms with Gasteiger partial charge in [0, 0.05) is 12.5 Å². The Bertz CT molecular complexity index is 734. The van der Waals surface area contributed by atoms with Gasteiger partial charge in [0.1, 0.15) is 16.7 Å². The molecule has 3 atom stereocenters. The number of esters is 1. The summed E-state index contributed by atoms with van der Waals surface area (Å²) in [6.07, 6.45) is -0.166. The number of rotatable bonds is 3. The molecular formula is C16H14FNO5S. The predicted molar refractivity (Wildman–Crippen MR) is 82.5 cm³/mol. The molecule has 1 N–H and O–H groups in total. The fourth-order valence-electron chi connectivity index (χ4n) is 3.22. The Kier molecular flexibility index (Phi) is 4.16. The normalized spacial score (nSPS) is 28.4. The minimum absolute atomic E-state index is 0.234. The van der Waals surface area contributed by atoms with Crippen LogP contribution in [0.1, 0.15) is 30.1 Å². The van der Waals surface area contributed by atoms with Crippen LogP contribution < -0.4 is 5.32 Å². The first kappa shape index (κ1) is 16.6. The molecule has 0 unspecified atom stereocenters. The first-order valence-electron chi connectivity index (χ1n) is 7.35. The van der Waals surface area contributed by atoms with Crippen molar-refractivity contribution in [2.75, 3.05) is 0 Å². The Balaban J connectivity index is 1.87. The van der Waals surface area contributed by atoms with Gasteiger partial charge in [-0.2, -0.15) is 0 Å². The fourth-order valence-corrected chi connectivity index (χ4v) is 4.56. The van der Waals surface area contributed by atoms with Gasteiger partial charge in [-0.3, -0.25) is 24.5 Å². The van der Waals surface area contributed by atoms with Gasteiger partial charge < -0.3 is 4.74 Å². The SMILES string of the molecule is CC(=O)O[C@H]1CC[C@@]2(SC(=O)c3ccc(F)cc3)C(=O)NC(=O)[C@@H]12. The lowest BCUT2D eigenvalue weighted by Gasteiger charge is -2.24. The van der Waals surface area contributed by atoms with Crippen LogP contribution in [0.25, 0.3) is 0 Å². The number of carbonyl (C=O) groups is 4. The van der Waals surface area contributed by atoms with Crippen molar-refractivity contribution < 1.29 is 28.3 Å². The molecule has 0 bridgehead atoms. The van der Waals surface area contributed by atoms with Crippen LogP contribution in [0.4, 0.5) is 4.39 Å². The molecule has 2 aliphatic rings. The number of ether oxygens (including phenoxy) is 1. The Labute approximate surface area is 141 Å². The molecule has 1 aromatic rings. The number of hydrogen-bond acceptors (Lipinski definition) is 6. The summed E-state index contributed by atoms with van der Waals surface area (Å²) in [6.45, 7) is 1.23. The first-order valence-corrected chi connectivity index (χ1v) is 8.16. The van der Waals surface area contributed by atoms with E-state index in [9.17, 15) is 23.6 Å². The molecule has 8 heteroatoms. The number of nitrogens with one attached hydrogen (secondary N) is 1. The molecule has 1 saturated carbocycles. The first-order chi connectivity index (χ1) is 11.3. The zero-order valence-electron chi connectivity index (χ0n) is 12.7. The number of halogens is 1. The molecule has 2 amide bonds. The number of fused-ring (bicyclic) bond motifs is 1. The van der Waals surface area contributed by atoms with Gasteiger partial charge >= 0.3 is 5.97 Å². The van der Waals surface area contributed by atoms with Crippen LogP contribution in [0.5, 0.6) is 0 Å². The van der Waals surface area contributed by atoms with Crippen LogP contribution >= 0.6 is 11.8 Å². The van der Waals surface area contributed by atoms with E-state index in [0.29, 0.717) is 6.42 Å². The Morgan fingerprint density at radius 3 is 2.58 bits per heavy atom. The summed E-state index contributed by atoms with van der Waals surface area (Å²) >= 11 is 0.741. The molecule has 3 rings (SSSR count). The van der Waals surface area contributed by atoms with E-state index >= 15 is 0 Å². The zero-order valence-corrected chi connectivity index (χ0v) is 13.5. The molecule has 0 spiro atoms. The lowest BCUT2D eigenvalue weighted by atomic mass is 9.96. The highest BCUT2D eigenvalue weighted by molar-refractivity contribution is 8.16. The van der Waals surface area contributed by atoms with Crippen molar-refractivity contribution in [3.63, 3.8) is 0 Å². The predicted octanol–water partition coefficient (Wildman–Crippen LogP) is 1.44. The van der Waals surface area contributed by atoms with Gasteiger partial charge in [0.05, 0.1) is 5.92 Å². The van der Waals surface area contributed by atoms with E-state index < -0.39 is 45.5 Å². The summed E-state index contributed by atoms with van der Waals surface area (Å²) in [4.78, 5) is 48.1. The van der Waals surface area contributed by atoms with Crippen molar-refractivity contribution in [2.24, 2.45) is 5.92 Å². The van der Waals surface area contributed by atoms with Crippen molar-refractivity contribution in [3.05, 3.63) is 35.6 Å². The van der Waals surface area contributed by atoms with Gasteiger partial charge in [0.15, 0.2) is 0 Å². The van der Waals surface area contributed by atoms with Crippen LogP contribution in [-0.4, -0.2) is 33.7 Å². The van der Waals surface area contributed by atoms with Gasteiger partial charge in [0.2, 0.25) is 16.9 Å². The monoisotopic (exact) mass is 351 g/mol. The van der Waals surface area contributed by atoms with Crippen LogP contribution in [0, 0.1) is 11.7 Å². The maximum absolute atomic E-state index is 13.0. The van der Waals surface area contributed by atoms with Crippen molar-refractivity contribution in [3.8, 4) is 0 Å². The zero-order chi connectivity index (χ0) is 17.5. The summed E-state index contributed by atoms with van der Waals surface area (Å²) in [6, 6.07) is 4.95. The molecule has 126 valence electrons. The van der Waals surface area contributed by atoms with Crippen molar-refractivity contribution in [1.82, 2.24) is 5.32 Å². The molecular weight excluding hydrogens is 337 g/mol. The van der Waals surface area contributed by atoms with Gasteiger partial charge in [-0.25, -0.2) is 4.39 Å². The summed E-state index contributed by atoms with van der Waals surface area (Å²) in [5.41, 5.74) is 0.234. The lowest BCUT2D eigenvalue weighted by molar-refractivity contribution is -0.149. The summed E-state index contributed by atoms with van der Waals surface area (Å²) in [5.74, 6) is -3.01. The van der Waals surface area contributed by atoms with E-state index in [2.05, 4.69) is 5.32 Å². The number of benzene rings is 1. The van der Waals surface area contributed by atoms with Crippen LogP contribution in [0.2, 0.25) is 0 Å². The molecule has 6 nitrogen and oxygen atoms in total. The van der Waals surface area contributed by atoms with E-state index in [0.717, 1.165) is 23.9 Å². The van der Waals surface area contributed by atoms with Crippen molar-refractivity contribution in [1.29, 1.82) is 0 Å². The van der Waals surface area contributed by atoms with E-state index in [1.165, 1.54) is 19.1 Å². The molecule has 1 aromatic carbocycles. The highest BCUT2D eigenvalue weighted by atomic mass is 32.2. The van der Waals surface area contributed by atoms with Crippen LogP contribution in [-0.2, 0) is 19.1 Å². The second-order valence-electron chi connectivity index (χ2n) is 5.77. The number of amides is 2. The third-order valence-electron chi connectivity index (χ3n) is 4.25. The molecule has 0 radical (unpaired) electrons. The van der Waals surface area contributed by atoms with E-state index in [-0.39, 0.29) is 12.0 Å². The maximum atomic E-state index is 13.0. The van der Waals surface area contributed by atoms with Gasteiger partial charge in [0.25, 0.3) is 0 Å². The van der Waals surface area contributed by atoms with Crippen LogP contribution in [0.15, 0.2) is 24.3 Å². The van der Waals surface area contributed by atoms with Crippen LogP contribution in [0.3, 0.4) is 0 Å². The Morgan fingerprint density at radius 2 is 1.96 bits per heavy atom. The lowest BCUT2D eigenvalue weighted by Crippen LogP contribution is -2.39. The average Bonchev–Trinajstić information content (AvgIpc) is 2.97. The van der Waals surface area contributed by atoms with Gasteiger partial charge in [-0.05, 0) is 37.1 Å². The van der Waals surface area contributed by atoms with E-state index in [4.69, 9.17) is 4.74 Å². The molecule has 1 saturated heterocycles. The minimum Gasteiger partial charge on any atom is -0.462 e. The molecule has 0 aromatic heterocycles. The second-order valence-corrected chi connectivity index (χ2v) is 7.07. The summed E-state index contributed by atoms with van der Waals surface area (Å²) < 4.78 is 16.8. The molecule has 1 aliphatic carbocycles. The van der Waals surface area contributed by atoms with Crippen molar-refractivity contribution >= 4 is 34.7 Å². The molecule has 1 aliphatic heterocycles. The average molecular weight is 351 g/mol. The largest absolute Gasteiger partial charge is 0.462 e. The number of carbonyl (C=O) groups excluding carboxylic acids is 4. The fraction of sp³-hybridized carbons (Fsp3) is 0.375. The highest BCUT2D eigenvalue weighted by Gasteiger charge is 2.64. The van der Waals surface area contributed by atoms with Gasteiger partial charge in [-0.15, -0.1) is 0 Å². The van der Waals surface area contributed by atoms with Crippen molar-refractivity contribution in [2.45, 2.75) is 30.6 Å².